The minimum absolute atomic E-state index is 0. The van der Waals surface area contributed by atoms with Gasteiger partial charge < -0.3 is 21.5 Å². The van der Waals surface area contributed by atoms with Crippen LogP contribution in [0.25, 0.3) is 11.1 Å². The molecular formula is C25H40BrNS. The molecule has 1 aromatic carbocycles. The van der Waals surface area contributed by atoms with Crippen LogP contribution in [0.1, 0.15) is 76.7 Å². The maximum absolute atomic E-state index is 2.38. The van der Waals surface area contributed by atoms with E-state index in [1.165, 1.54) is 87.4 Å². The van der Waals surface area contributed by atoms with Crippen LogP contribution in [-0.4, -0.2) is 25.1 Å². The van der Waals surface area contributed by atoms with Gasteiger partial charge in [0.25, 0.3) is 0 Å². The zero-order chi connectivity index (χ0) is 19.4. The van der Waals surface area contributed by atoms with Crippen LogP contribution in [0.15, 0.2) is 41.1 Å². The molecule has 0 spiro atoms. The molecular weight excluding hydrogens is 426 g/mol. The molecule has 0 saturated carbocycles. The number of hydrogen-bond donors (Lipinski definition) is 0. The van der Waals surface area contributed by atoms with E-state index in [2.05, 4.69) is 62.1 Å². The van der Waals surface area contributed by atoms with E-state index in [-0.39, 0.29) is 17.0 Å². The van der Waals surface area contributed by atoms with Crippen LogP contribution in [0.4, 0.5) is 0 Å². The summed E-state index contributed by atoms with van der Waals surface area (Å²) in [4.78, 5) is 0. The molecule has 28 heavy (non-hydrogen) atoms. The summed E-state index contributed by atoms with van der Waals surface area (Å²) in [6.45, 7) is 4.70. The van der Waals surface area contributed by atoms with Gasteiger partial charge in [-0.3, -0.25) is 0 Å². The summed E-state index contributed by atoms with van der Waals surface area (Å²) in [7, 11) is 4.75. The molecule has 0 atom stereocenters. The van der Waals surface area contributed by atoms with E-state index < -0.39 is 0 Å². The van der Waals surface area contributed by atoms with Gasteiger partial charge in [-0.15, -0.1) is 0 Å². The zero-order valence-corrected chi connectivity index (χ0v) is 20.7. The Kier molecular flexibility index (Phi) is 13.0. The van der Waals surface area contributed by atoms with Gasteiger partial charge in [0.15, 0.2) is 0 Å². The molecule has 0 radical (unpaired) electrons. The average Bonchev–Trinajstić information content (AvgIpc) is 3.18. The number of halogens is 1. The standard InChI is InChI=1S/C25H40NS.BrH/c1-4-5-6-7-8-9-10-11-12-13-19-26(2,3)21-23-14-16-24(17-15-23)25-18-20-27-22-25;/h14-18,20,22H,4-13,19,21H2,1-3H3;1H/q+1;/p-1. The van der Waals surface area contributed by atoms with Crippen molar-refractivity contribution in [3.63, 3.8) is 0 Å². The lowest BCUT2D eigenvalue weighted by atomic mass is 10.1. The molecule has 158 valence electrons. The second-order valence-electron chi connectivity index (χ2n) is 8.71. The van der Waals surface area contributed by atoms with Crippen LogP contribution in [0, 0.1) is 0 Å². The molecule has 0 aliphatic heterocycles. The van der Waals surface area contributed by atoms with E-state index in [1.807, 2.05) is 0 Å². The normalized spacial score (nSPS) is 11.4. The smallest absolute Gasteiger partial charge is 0.104 e. The average molecular weight is 467 g/mol. The van der Waals surface area contributed by atoms with Crippen molar-refractivity contribution in [3.8, 4) is 11.1 Å². The zero-order valence-electron chi connectivity index (χ0n) is 18.3. The van der Waals surface area contributed by atoms with E-state index in [0.29, 0.717) is 0 Å². The van der Waals surface area contributed by atoms with Gasteiger partial charge in [0.05, 0.1) is 20.6 Å². The Morgan fingerprint density at radius 1 is 0.714 bits per heavy atom. The number of quaternary nitrogens is 1. The first-order valence-corrected chi connectivity index (χ1v) is 12.0. The molecule has 0 unspecified atom stereocenters. The molecule has 2 rings (SSSR count). The highest BCUT2D eigenvalue weighted by Gasteiger charge is 2.15. The highest BCUT2D eigenvalue weighted by atomic mass is 79.9. The molecule has 1 nitrogen and oxygen atoms in total. The van der Waals surface area contributed by atoms with E-state index in [0.717, 1.165) is 11.0 Å². The van der Waals surface area contributed by atoms with E-state index in [9.17, 15) is 0 Å². The number of benzene rings is 1. The summed E-state index contributed by atoms with van der Waals surface area (Å²) >= 11 is 1.77. The molecule has 3 heteroatoms. The lowest BCUT2D eigenvalue weighted by molar-refractivity contribution is -0.903. The summed E-state index contributed by atoms with van der Waals surface area (Å²) in [6, 6.07) is 11.4. The van der Waals surface area contributed by atoms with Crippen molar-refractivity contribution in [3.05, 3.63) is 46.7 Å². The molecule has 2 aromatic rings. The van der Waals surface area contributed by atoms with Gasteiger partial charge in [-0.05, 0) is 40.8 Å². The van der Waals surface area contributed by atoms with Crippen molar-refractivity contribution < 1.29 is 21.5 Å². The van der Waals surface area contributed by atoms with Gasteiger partial charge in [0.2, 0.25) is 0 Å². The third-order valence-corrected chi connectivity index (χ3v) is 6.22. The van der Waals surface area contributed by atoms with Crippen LogP contribution in [0.5, 0.6) is 0 Å². The lowest BCUT2D eigenvalue weighted by Gasteiger charge is -2.30. The fourth-order valence-electron chi connectivity index (χ4n) is 3.83. The fourth-order valence-corrected chi connectivity index (χ4v) is 4.50. The van der Waals surface area contributed by atoms with Crippen molar-refractivity contribution in [2.45, 2.75) is 77.7 Å². The van der Waals surface area contributed by atoms with Gasteiger partial charge in [-0.25, -0.2) is 0 Å². The molecule has 0 bridgehead atoms. The second kappa shape index (κ2) is 14.4. The molecule has 1 heterocycles. The van der Waals surface area contributed by atoms with Crippen LogP contribution in [-0.2, 0) is 6.54 Å². The Balaban J connectivity index is 0.00000392. The van der Waals surface area contributed by atoms with Crippen LogP contribution in [0.3, 0.4) is 0 Å². The van der Waals surface area contributed by atoms with Crippen LogP contribution in [0.2, 0.25) is 0 Å². The number of rotatable bonds is 14. The van der Waals surface area contributed by atoms with E-state index in [1.54, 1.807) is 11.3 Å². The number of nitrogens with zero attached hydrogens (tertiary/aromatic N) is 1. The molecule has 0 saturated heterocycles. The maximum atomic E-state index is 2.38. The predicted octanol–water partition coefficient (Wildman–Crippen LogP) is 4.92. The van der Waals surface area contributed by atoms with Gasteiger partial charge in [0.1, 0.15) is 6.54 Å². The minimum atomic E-state index is 0. The summed E-state index contributed by atoms with van der Waals surface area (Å²) in [5.41, 5.74) is 4.12. The Bertz CT molecular complexity index is 604. The monoisotopic (exact) mass is 465 g/mol. The predicted molar refractivity (Wildman–Crippen MR) is 122 cm³/mol. The van der Waals surface area contributed by atoms with Crippen LogP contribution >= 0.6 is 11.3 Å². The first-order chi connectivity index (χ1) is 13.1. The Labute approximate surface area is 188 Å². The molecule has 1 aromatic heterocycles. The third kappa shape index (κ3) is 10.2. The molecule has 0 fully saturated rings. The molecule has 0 N–H and O–H groups in total. The Hall–Kier alpha value is -0.640. The minimum Gasteiger partial charge on any atom is -1.00 e. The highest BCUT2D eigenvalue weighted by molar-refractivity contribution is 7.08. The number of unbranched alkanes of at least 4 members (excludes halogenated alkanes) is 9. The lowest BCUT2D eigenvalue weighted by Crippen LogP contribution is -3.00. The first kappa shape index (κ1) is 25.4. The van der Waals surface area contributed by atoms with Crippen molar-refractivity contribution in [1.82, 2.24) is 0 Å². The Morgan fingerprint density at radius 2 is 1.29 bits per heavy atom. The van der Waals surface area contributed by atoms with Gasteiger partial charge in [0, 0.05) is 5.56 Å². The van der Waals surface area contributed by atoms with Crippen molar-refractivity contribution in [2.24, 2.45) is 0 Å². The fraction of sp³-hybridized carbons (Fsp3) is 0.600. The van der Waals surface area contributed by atoms with Gasteiger partial charge in [-0.2, -0.15) is 11.3 Å². The third-order valence-electron chi connectivity index (χ3n) is 5.54. The number of hydrogen-bond acceptors (Lipinski definition) is 1. The van der Waals surface area contributed by atoms with E-state index in [4.69, 9.17) is 0 Å². The van der Waals surface area contributed by atoms with E-state index >= 15 is 0 Å². The van der Waals surface area contributed by atoms with Crippen molar-refractivity contribution in [1.29, 1.82) is 0 Å². The SMILES string of the molecule is CCCCCCCCCCCC[N+](C)(C)Cc1ccc(-c2ccsc2)cc1.[Br-]. The topological polar surface area (TPSA) is 0 Å². The van der Waals surface area contributed by atoms with Crippen molar-refractivity contribution in [2.75, 3.05) is 20.6 Å². The maximum Gasteiger partial charge on any atom is 0.104 e. The number of thiophene rings is 1. The molecule has 0 aliphatic carbocycles. The molecule has 0 aliphatic rings. The summed E-state index contributed by atoms with van der Waals surface area (Å²) in [6.07, 6.45) is 14.2. The second-order valence-corrected chi connectivity index (χ2v) is 9.49. The summed E-state index contributed by atoms with van der Waals surface area (Å²) in [5, 5.41) is 4.37. The summed E-state index contributed by atoms with van der Waals surface area (Å²) < 4.78 is 1.09. The van der Waals surface area contributed by atoms with Gasteiger partial charge in [-0.1, -0.05) is 82.6 Å². The summed E-state index contributed by atoms with van der Waals surface area (Å²) in [5.74, 6) is 0. The molecule has 0 amide bonds. The van der Waals surface area contributed by atoms with Gasteiger partial charge >= 0.3 is 0 Å². The largest absolute Gasteiger partial charge is 1.00 e. The van der Waals surface area contributed by atoms with Crippen LogP contribution < -0.4 is 17.0 Å². The first-order valence-electron chi connectivity index (χ1n) is 11.0. The highest BCUT2D eigenvalue weighted by Crippen LogP contribution is 2.23. The Morgan fingerprint density at radius 3 is 1.82 bits per heavy atom. The van der Waals surface area contributed by atoms with Crippen molar-refractivity contribution >= 4 is 11.3 Å². The quantitative estimate of drug-likeness (QED) is 0.274.